The SMILES string of the molecule is NCC(/C=C/c1ccccc1)C(F)(F)F. The molecule has 0 saturated heterocycles. The molecule has 1 atom stereocenters. The summed E-state index contributed by atoms with van der Waals surface area (Å²) < 4.78 is 36.9. The Morgan fingerprint density at radius 1 is 1.20 bits per heavy atom. The van der Waals surface area contributed by atoms with Crippen molar-refractivity contribution in [1.82, 2.24) is 0 Å². The molecule has 1 aromatic carbocycles. The molecule has 0 aliphatic carbocycles. The molecule has 0 fully saturated rings. The molecular formula is C11H12F3N. The molecule has 1 aromatic rings. The topological polar surface area (TPSA) is 26.0 Å². The van der Waals surface area contributed by atoms with Crippen molar-refractivity contribution in [3.63, 3.8) is 0 Å². The van der Waals surface area contributed by atoms with E-state index < -0.39 is 18.6 Å². The number of alkyl halides is 3. The van der Waals surface area contributed by atoms with Crippen LogP contribution in [-0.4, -0.2) is 12.7 Å². The first-order valence-corrected chi connectivity index (χ1v) is 4.54. The quantitative estimate of drug-likeness (QED) is 0.824. The Bertz CT molecular complexity index is 316. The molecule has 0 radical (unpaired) electrons. The van der Waals surface area contributed by atoms with Crippen molar-refractivity contribution in [3.8, 4) is 0 Å². The van der Waals surface area contributed by atoms with Crippen molar-refractivity contribution in [3.05, 3.63) is 42.0 Å². The lowest BCUT2D eigenvalue weighted by Gasteiger charge is -2.13. The summed E-state index contributed by atoms with van der Waals surface area (Å²) in [6.45, 7) is -0.424. The average molecular weight is 215 g/mol. The highest BCUT2D eigenvalue weighted by molar-refractivity contribution is 5.49. The zero-order valence-electron chi connectivity index (χ0n) is 8.04. The van der Waals surface area contributed by atoms with Gasteiger partial charge in [0.15, 0.2) is 0 Å². The van der Waals surface area contributed by atoms with Crippen molar-refractivity contribution in [2.24, 2.45) is 11.7 Å². The van der Waals surface area contributed by atoms with Crippen LogP contribution < -0.4 is 5.73 Å². The maximum absolute atomic E-state index is 12.3. The third kappa shape index (κ3) is 3.75. The summed E-state index contributed by atoms with van der Waals surface area (Å²) in [5.74, 6) is -1.57. The number of hydrogen-bond donors (Lipinski definition) is 1. The minimum Gasteiger partial charge on any atom is -0.330 e. The van der Waals surface area contributed by atoms with Gasteiger partial charge < -0.3 is 5.73 Å². The standard InChI is InChI=1S/C11H12F3N/c12-11(13,14)10(8-15)7-6-9-4-2-1-3-5-9/h1-7,10H,8,15H2/b7-6+. The number of halogens is 3. The molecule has 0 saturated carbocycles. The lowest BCUT2D eigenvalue weighted by atomic mass is 10.1. The number of hydrogen-bond acceptors (Lipinski definition) is 1. The second-order valence-corrected chi connectivity index (χ2v) is 3.15. The van der Waals surface area contributed by atoms with Gasteiger partial charge in [0.1, 0.15) is 0 Å². The third-order valence-electron chi connectivity index (χ3n) is 1.99. The molecule has 0 aliphatic heterocycles. The van der Waals surface area contributed by atoms with E-state index in [-0.39, 0.29) is 0 Å². The van der Waals surface area contributed by atoms with Gasteiger partial charge in [-0.2, -0.15) is 13.2 Å². The van der Waals surface area contributed by atoms with Crippen LogP contribution in [0.2, 0.25) is 0 Å². The molecular weight excluding hydrogens is 203 g/mol. The average Bonchev–Trinajstić information content (AvgIpc) is 2.18. The predicted molar refractivity (Wildman–Crippen MR) is 54.1 cm³/mol. The maximum Gasteiger partial charge on any atom is 0.396 e. The second-order valence-electron chi connectivity index (χ2n) is 3.15. The zero-order chi connectivity index (χ0) is 11.3. The van der Waals surface area contributed by atoms with E-state index in [1.54, 1.807) is 24.3 Å². The molecule has 4 heteroatoms. The van der Waals surface area contributed by atoms with Crippen LogP contribution in [0, 0.1) is 5.92 Å². The van der Waals surface area contributed by atoms with E-state index in [1.165, 1.54) is 6.08 Å². The highest BCUT2D eigenvalue weighted by atomic mass is 19.4. The lowest BCUT2D eigenvalue weighted by Crippen LogP contribution is -2.28. The fourth-order valence-corrected chi connectivity index (χ4v) is 1.11. The van der Waals surface area contributed by atoms with E-state index in [4.69, 9.17) is 5.73 Å². The van der Waals surface area contributed by atoms with E-state index in [9.17, 15) is 13.2 Å². The second kappa shape index (κ2) is 4.98. The van der Waals surface area contributed by atoms with Crippen LogP contribution in [0.4, 0.5) is 13.2 Å². The minimum absolute atomic E-state index is 0.424. The Labute approximate surface area is 86.4 Å². The zero-order valence-corrected chi connectivity index (χ0v) is 8.04. The largest absolute Gasteiger partial charge is 0.396 e. The van der Waals surface area contributed by atoms with Crippen LogP contribution >= 0.6 is 0 Å². The normalized spacial score (nSPS) is 14.4. The molecule has 1 rings (SSSR count). The van der Waals surface area contributed by atoms with Gasteiger partial charge in [0.2, 0.25) is 0 Å². The monoisotopic (exact) mass is 215 g/mol. The molecule has 1 unspecified atom stereocenters. The molecule has 1 nitrogen and oxygen atoms in total. The van der Waals surface area contributed by atoms with Crippen molar-refractivity contribution >= 4 is 6.08 Å². The molecule has 2 N–H and O–H groups in total. The van der Waals surface area contributed by atoms with Crippen LogP contribution in [0.1, 0.15) is 5.56 Å². The molecule has 15 heavy (non-hydrogen) atoms. The Hall–Kier alpha value is -1.29. The van der Waals surface area contributed by atoms with Gasteiger partial charge in [-0.25, -0.2) is 0 Å². The third-order valence-corrected chi connectivity index (χ3v) is 1.99. The summed E-state index contributed by atoms with van der Waals surface area (Å²) in [6.07, 6.45) is -1.74. The lowest BCUT2D eigenvalue weighted by molar-refractivity contribution is -0.158. The van der Waals surface area contributed by atoms with Crippen LogP contribution in [0.15, 0.2) is 36.4 Å². The number of rotatable bonds is 3. The van der Waals surface area contributed by atoms with Crippen LogP contribution in [0.5, 0.6) is 0 Å². The maximum atomic E-state index is 12.3. The van der Waals surface area contributed by atoms with Gasteiger partial charge in [0.25, 0.3) is 0 Å². The van der Waals surface area contributed by atoms with Crippen molar-refractivity contribution in [2.45, 2.75) is 6.18 Å². The van der Waals surface area contributed by atoms with Crippen molar-refractivity contribution in [2.75, 3.05) is 6.54 Å². The van der Waals surface area contributed by atoms with E-state index in [1.807, 2.05) is 6.07 Å². The van der Waals surface area contributed by atoms with Crippen LogP contribution in [0.3, 0.4) is 0 Å². The predicted octanol–water partition coefficient (Wildman–Crippen LogP) is 2.84. The van der Waals surface area contributed by atoms with Crippen LogP contribution in [0.25, 0.3) is 6.08 Å². The molecule has 0 spiro atoms. The van der Waals surface area contributed by atoms with E-state index >= 15 is 0 Å². The smallest absolute Gasteiger partial charge is 0.330 e. The molecule has 0 aromatic heterocycles. The summed E-state index contributed by atoms with van der Waals surface area (Å²) in [7, 11) is 0. The highest BCUT2D eigenvalue weighted by Gasteiger charge is 2.36. The molecule has 0 amide bonds. The van der Waals surface area contributed by atoms with Gasteiger partial charge in [-0.05, 0) is 5.56 Å². The first kappa shape index (κ1) is 11.8. The Kier molecular flexibility index (Phi) is 3.91. The van der Waals surface area contributed by atoms with Gasteiger partial charge in [0.05, 0.1) is 5.92 Å². The number of benzene rings is 1. The van der Waals surface area contributed by atoms with Crippen molar-refractivity contribution in [1.29, 1.82) is 0 Å². The number of nitrogens with two attached hydrogens (primary N) is 1. The van der Waals surface area contributed by atoms with Gasteiger partial charge in [-0.15, -0.1) is 0 Å². The summed E-state index contributed by atoms with van der Waals surface area (Å²) in [6, 6.07) is 8.82. The fraction of sp³-hybridized carbons (Fsp3) is 0.273. The van der Waals surface area contributed by atoms with Gasteiger partial charge in [-0.3, -0.25) is 0 Å². The summed E-state index contributed by atoms with van der Waals surface area (Å²) in [5, 5.41) is 0. The van der Waals surface area contributed by atoms with Gasteiger partial charge in [0, 0.05) is 6.54 Å². The summed E-state index contributed by atoms with van der Waals surface area (Å²) in [4.78, 5) is 0. The summed E-state index contributed by atoms with van der Waals surface area (Å²) >= 11 is 0. The molecule has 82 valence electrons. The highest BCUT2D eigenvalue weighted by Crippen LogP contribution is 2.26. The van der Waals surface area contributed by atoms with Crippen LogP contribution in [-0.2, 0) is 0 Å². The van der Waals surface area contributed by atoms with Gasteiger partial charge in [-0.1, -0.05) is 42.5 Å². The Morgan fingerprint density at radius 3 is 2.27 bits per heavy atom. The Balaban J connectivity index is 2.72. The molecule has 0 bridgehead atoms. The summed E-state index contributed by atoms with van der Waals surface area (Å²) in [5.41, 5.74) is 5.79. The Morgan fingerprint density at radius 2 is 1.80 bits per heavy atom. The molecule has 0 heterocycles. The molecule has 0 aliphatic rings. The van der Waals surface area contributed by atoms with Gasteiger partial charge >= 0.3 is 6.18 Å². The first-order valence-electron chi connectivity index (χ1n) is 4.54. The fourth-order valence-electron chi connectivity index (χ4n) is 1.11. The van der Waals surface area contributed by atoms with Crippen molar-refractivity contribution < 1.29 is 13.2 Å². The van der Waals surface area contributed by atoms with E-state index in [0.29, 0.717) is 0 Å². The van der Waals surface area contributed by atoms with E-state index in [0.717, 1.165) is 11.6 Å². The minimum atomic E-state index is -4.26. The van der Waals surface area contributed by atoms with E-state index in [2.05, 4.69) is 0 Å². The first-order chi connectivity index (χ1) is 7.04.